The van der Waals surface area contributed by atoms with Crippen LogP contribution in [0, 0.1) is 0 Å². The van der Waals surface area contributed by atoms with Crippen LogP contribution in [0.4, 0.5) is 19.1 Å². The fourth-order valence-corrected chi connectivity index (χ4v) is 3.82. The van der Waals surface area contributed by atoms with E-state index >= 15 is 0 Å². The van der Waals surface area contributed by atoms with Crippen LogP contribution >= 0.6 is 0 Å². The molecule has 0 aliphatic rings. The molecule has 0 radical (unpaired) electrons. The van der Waals surface area contributed by atoms with E-state index in [4.69, 9.17) is 19.4 Å². The number of carbonyl (C=O) groups is 2. The Morgan fingerprint density at radius 1 is 1.13 bits per heavy atom. The Morgan fingerprint density at radius 3 is 2.51 bits per heavy atom. The Kier molecular flexibility index (Phi) is 10.4. The van der Waals surface area contributed by atoms with Gasteiger partial charge in [0, 0.05) is 48.0 Å². The molecule has 208 valence electrons. The predicted molar refractivity (Wildman–Crippen MR) is 139 cm³/mol. The predicted octanol–water partition coefficient (Wildman–Crippen LogP) is 5.49. The molecule has 9 nitrogen and oxygen atoms in total. The molecule has 2 aromatic heterocycles. The quantitative estimate of drug-likeness (QED) is 0.145. The summed E-state index contributed by atoms with van der Waals surface area (Å²) in [4.78, 5) is 31.7. The Hall–Kier alpha value is -4.48. The van der Waals surface area contributed by atoms with Gasteiger partial charge in [0.1, 0.15) is 5.75 Å². The van der Waals surface area contributed by atoms with Gasteiger partial charge in [-0.2, -0.15) is 13.2 Å². The van der Waals surface area contributed by atoms with Crippen LogP contribution in [0.2, 0.25) is 0 Å². The number of hydrogen-bond donors (Lipinski definition) is 4. The first-order valence-electron chi connectivity index (χ1n) is 12.2. The smallest absolute Gasteiger partial charge is 0.490 e. The molecule has 39 heavy (non-hydrogen) atoms. The maximum Gasteiger partial charge on any atom is 0.490 e. The highest BCUT2D eigenvalue weighted by Gasteiger charge is 2.38. The van der Waals surface area contributed by atoms with Crippen LogP contribution in [-0.2, 0) is 14.3 Å². The number of hydrogen-bond acceptors (Lipinski definition) is 6. The van der Waals surface area contributed by atoms with Crippen molar-refractivity contribution in [2.75, 3.05) is 25.1 Å². The number of fused-ring (bicyclic) bond motifs is 1. The molecule has 0 bridgehead atoms. The average molecular weight is 547 g/mol. The van der Waals surface area contributed by atoms with Crippen molar-refractivity contribution in [3.05, 3.63) is 78.2 Å². The summed E-state index contributed by atoms with van der Waals surface area (Å²) in [5, 5.41) is 11.4. The van der Waals surface area contributed by atoms with Crippen molar-refractivity contribution in [3.63, 3.8) is 0 Å². The second-order valence-corrected chi connectivity index (χ2v) is 8.29. The fourth-order valence-electron chi connectivity index (χ4n) is 3.82. The number of nitrogens with zero attached hydrogens (tertiary/aromatic N) is 1. The van der Waals surface area contributed by atoms with Crippen LogP contribution in [0.15, 0.2) is 67.1 Å². The number of imidazole rings is 1. The Bertz CT molecular complexity index is 1320. The highest BCUT2D eigenvalue weighted by atomic mass is 19.4. The number of carbonyl (C=O) groups excluding carboxylic acids is 1. The minimum atomic E-state index is -5.08. The molecule has 0 aliphatic carbocycles. The monoisotopic (exact) mass is 546 g/mol. The molecule has 4 rings (SSSR count). The molecule has 0 saturated heterocycles. The van der Waals surface area contributed by atoms with E-state index in [1.807, 2.05) is 43.5 Å². The Morgan fingerprint density at radius 2 is 1.87 bits per heavy atom. The van der Waals surface area contributed by atoms with E-state index < -0.39 is 12.1 Å². The van der Waals surface area contributed by atoms with Crippen LogP contribution in [0.25, 0.3) is 10.9 Å². The van der Waals surface area contributed by atoms with E-state index in [1.165, 1.54) is 0 Å². The van der Waals surface area contributed by atoms with Crippen molar-refractivity contribution in [2.45, 2.75) is 31.9 Å². The zero-order chi connectivity index (χ0) is 28.3. The number of carboxylic acids is 1. The summed E-state index contributed by atoms with van der Waals surface area (Å²) in [6.07, 6.45) is 1.55. The van der Waals surface area contributed by atoms with Gasteiger partial charge in [-0.3, -0.25) is 4.79 Å². The van der Waals surface area contributed by atoms with Gasteiger partial charge in [-0.1, -0.05) is 30.3 Å². The van der Waals surface area contributed by atoms with E-state index in [9.17, 15) is 18.0 Å². The number of nitrogens with one attached hydrogen (secondary N) is 3. The van der Waals surface area contributed by atoms with Crippen molar-refractivity contribution in [3.8, 4) is 5.75 Å². The Labute approximate surface area is 222 Å². The molecule has 1 atom stereocenters. The maximum absolute atomic E-state index is 12.3. The molecule has 0 fully saturated rings. The molecule has 2 heterocycles. The number of H-pyrrole nitrogens is 2. The van der Waals surface area contributed by atoms with Crippen LogP contribution in [0.5, 0.6) is 5.75 Å². The lowest BCUT2D eigenvalue weighted by molar-refractivity contribution is -0.192. The van der Waals surface area contributed by atoms with Gasteiger partial charge in [-0.25, -0.2) is 9.78 Å². The molecule has 0 aliphatic heterocycles. The summed E-state index contributed by atoms with van der Waals surface area (Å²) >= 11 is 0. The lowest BCUT2D eigenvalue weighted by Crippen LogP contribution is -2.21. The average Bonchev–Trinajstić information content (AvgIpc) is 3.57. The van der Waals surface area contributed by atoms with Gasteiger partial charge in [0.15, 0.2) is 5.95 Å². The van der Waals surface area contributed by atoms with E-state index in [2.05, 4.69) is 38.5 Å². The SMILES string of the molecule is CCOC(=O)CC(c1ccccc1)c1c[nH]c2cc(OCCCNc3ncc[nH]3)ccc12.O=C(O)C(F)(F)F. The highest BCUT2D eigenvalue weighted by molar-refractivity contribution is 5.86. The number of anilines is 1. The third kappa shape index (κ3) is 8.80. The first kappa shape index (κ1) is 29.1. The van der Waals surface area contributed by atoms with Gasteiger partial charge in [0.25, 0.3) is 0 Å². The normalized spacial score (nSPS) is 11.8. The molecule has 0 spiro atoms. The summed E-state index contributed by atoms with van der Waals surface area (Å²) in [7, 11) is 0. The Balaban J connectivity index is 0.000000532. The number of esters is 1. The standard InChI is InChI=1S/C25H28N4O3.C2HF3O2/c1-2-31-24(30)16-21(18-7-4-3-5-8-18)22-17-29-23-15-19(9-10-20(22)23)32-14-6-11-26-25-27-12-13-28-25;3-2(4,5)1(6)7/h3-5,7-10,12-13,15,17,21,29H,2,6,11,14,16H2,1H3,(H2,26,27,28);(H,6,7). The third-order valence-corrected chi connectivity index (χ3v) is 5.56. The summed E-state index contributed by atoms with van der Waals surface area (Å²) in [6.45, 7) is 3.58. The number of carboxylic acid groups (broad SMARTS) is 1. The van der Waals surface area contributed by atoms with Gasteiger partial charge in [0.2, 0.25) is 0 Å². The molecule has 12 heteroatoms. The number of alkyl halides is 3. The lowest BCUT2D eigenvalue weighted by Gasteiger charge is -2.16. The van der Waals surface area contributed by atoms with Gasteiger partial charge >= 0.3 is 18.1 Å². The molecule has 1 unspecified atom stereocenters. The van der Waals surface area contributed by atoms with E-state index in [0.29, 0.717) is 19.6 Å². The minimum absolute atomic E-state index is 0.0801. The number of ether oxygens (including phenoxy) is 2. The largest absolute Gasteiger partial charge is 0.493 e. The van der Waals surface area contributed by atoms with Crippen LogP contribution in [0.1, 0.15) is 36.8 Å². The summed E-state index contributed by atoms with van der Waals surface area (Å²) in [5.41, 5.74) is 3.15. The summed E-state index contributed by atoms with van der Waals surface area (Å²) < 4.78 is 42.9. The summed E-state index contributed by atoms with van der Waals surface area (Å²) in [6, 6.07) is 16.1. The van der Waals surface area contributed by atoms with Crippen molar-refractivity contribution >= 4 is 28.8 Å². The molecule has 4 N–H and O–H groups in total. The molecule has 0 saturated carbocycles. The second kappa shape index (κ2) is 13.9. The number of aromatic nitrogens is 3. The van der Waals surface area contributed by atoms with Gasteiger partial charge in [-0.05, 0) is 36.6 Å². The van der Waals surface area contributed by atoms with Crippen molar-refractivity contribution in [2.24, 2.45) is 0 Å². The third-order valence-electron chi connectivity index (χ3n) is 5.56. The van der Waals surface area contributed by atoms with Gasteiger partial charge in [0.05, 0.1) is 19.6 Å². The number of aliphatic carboxylic acids is 1. The molecular formula is C27H29F3N4O5. The van der Waals surface area contributed by atoms with Crippen molar-refractivity contribution in [1.82, 2.24) is 15.0 Å². The topological polar surface area (TPSA) is 129 Å². The van der Waals surface area contributed by atoms with Crippen LogP contribution in [0.3, 0.4) is 0 Å². The number of aromatic amines is 2. The first-order valence-corrected chi connectivity index (χ1v) is 12.2. The number of halogens is 3. The minimum Gasteiger partial charge on any atom is -0.493 e. The van der Waals surface area contributed by atoms with E-state index in [1.54, 1.807) is 12.4 Å². The molecular weight excluding hydrogens is 517 g/mol. The van der Waals surface area contributed by atoms with Gasteiger partial charge < -0.3 is 29.9 Å². The van der Waals surface area contributed by atoms with Crippen molar-refractivity contribution in [1.29, 1.82) is 0 Å². The van der Waals surface area contributed by atoms with Crippen LogP contribution in [-0.4, -0.2) is 57.9 Å². The van der Waals surface area contributed by atoms with Crippen molar-refractivity contribution < 1.29 is 37.3 Å². The number of rotatable bonds is 11. The zero-order valence-electron chi connectivity index (χ0n) is 21.1. The van der Waals surface area contributed by atoms with E-state index in [0.717, 1.165) is 46.7 Å². The maximum atomic E-state index is 12.3. The first-order chi connectivity index (χ1) is 18.7. The molecule has 0 amide bonds. The number of benzene rings is 2. The van der Waals surface area contributed by atoms with Crippen LogP contribution < -0.4 is 10.1 Å². The fraction of sp³-hybridized carbons (Fsp3) is 0.296. The zero-order valence-corrected chi connectivity index (χ0v) is 21.1. The molecule has 4 aromatic rings. The second-order valence-electron chi connectivity index (χ2n) is 8.29. The van der Waals surface area contributed by atoms with E-state index in [-0.39, 0.29) is 11.9 Å². The van der Waals surface area contributed by atoms with Gasteiger partial charge in [-0.15, -0.1) is 0 Å². The highest BCUT2D eigenvalue weighted by Crippen LogP contribution is 2.35. The summed E-state index contributed by atoms with van der Waals surface area (Å²) in [5.74, 6) is -1.46. The lowest BCUT2D eigenvalue weighted by atomic mass is 9.88. The molecule has 2 aromatic carbocycles.